The van der Waals surface area contributed by atoms with Crippen LogP contribution in [0.4, 0.5) is 20.2 Å². The first-order valence-electron chi connectivity index (χ1n) is 5.31. The van der Waals surface area contributed by atoms with Gasteiger partial charge in [0.25, 0.3) is 0 Å². The van der Waals surface area contributed by atoms with E-state index < -0.39 is 11.6 Å². The van der Waals surface area contributed by atoms with Crippen molar-refractivity contribution in [3.8, 4) is 11.5 Å². The molecule has 19 heavy (non-hydrogen) atoms. The third-order valence-corrected chi connectivity index (χ3v) is 2.30. The van der Waals surface area contributed by atoms with Crippen molar-refractivity contribution >= 4 is 19.1 Å². The van der Waals surface area contributed by atoms with E-state index in [1.165, 1.54) is 24.3 Å². The summed E-state index contributed by atoms with van der Waals surface area (Å²) in [6.45, 7) is 0. The molecular weight excluding hydrogens is 253 g/mol. The zero-order valence-corrected chi connectivity index (χ0v) is 9.77. The lowest BCUT2D eigenvalue weighted by atomic mass is 10.2. The monoisotopic (exact) mass is 263 g/mol. The van der Waals surface area contributed by atoms with Gasteiger partial charge in [-0.1, -0.05) is 0 Å². The van der Waals surface area contributed by atoms with Crippen molar-refractivity contribution in [2.24, 2.45) is 0 Å². The van der Waals surface area contributed by atoms with E-state index in [4.69, 9.17) is 20.8 Å². The van der Waals surface area contributed by atoms with Gasteiger partial charge in [0, 0.05) is 12.1 Å². The first-order chi connectivity index (χ1) is 9.06. The molecule has 0 saturated heterocycles. The fraction of sp³-hybridized carbons (Fsp3) is 0. The van der Waals surface area contributed by atoms with Gasteiger partial charge in [0.05, 0.1) is 11.4 Å². The third kappa shape index (κ3) is 3.28. The van der Waals surface area contributed by atoms with Crippen LogP contribution in [0.25, 0.3) is 0 Å². The van der Waals surface area contributed by atoms with Crippen molar-refractivity contribution in [1.29, 1.82) is 0 Å². The average molecular weight is 263 g/mol. The number of anilines is 2. The van der Waals surface area contributed by atoms with Crippen molar-refractivity contribution in [1.82, 2.24) is 0 Å². The Hall–Kier alpha value is -2.44. The van der Waals surface area contributed by atoms with Crippen LogP contribution < -0.4 is 20.8 Å². The number of benzene rings is 2. The average Bonchev–Trinajstić information content (AvgIpc) is 2.38. The summed E-state index contributed by atoms with van der Waals surface area (Å²) in [6.07, 6.45) is 0. The molecule has 0 bridgehead atoms. The number of rotatable bonds is 4. The molecule has 0 aliphatic carbocycles. The van der Waals surface area contributed by atoms with Gasteiger partial charge in [0.2, 0.25) is 0 Å². The molecule has 0 saturated carbocycles. The van der Waals surface area contributed by atoms with E-state index in [-0.39, 0.29) is 22.9 Å². The van der Waals surface area contributed by atoms with Crippen LogP contribution >= 0.6 is 0 Å². The van der Waals surface area contributed by atoms with Crippen molar-refractivity contribution < 1.29 is 18.1 Å². The molecule has 0 aliphatic heterocycles. The summed E-state index contributed by atoms with van der Waals surface area (Å²) in [5, 5.41) is 0. The second-order valence-corrected chi connectivity index (χ2v) is 3.70. The molecule has 4 nitrogen and oxygen atoms in total. The van der Waals surface area contributed by atoms with Gasteiger partial charge in [-0.2, -0.15) is 0 Å². The Morgan fingerprint density at radius 3 is 1.63 bits per heavy atom. The van der Waals surface area contributed by atoms with Crippen molar-refractivity contribution in [2.45, 2.75) is 0 Å². The number of nitrogens with two attached hydrogens (primary N) is 2. The number of halogens is 2. The second-order valence-electron chi connectivity index (χ2n) is 3.70. The molecule has 4 N–H and O–H groups in total. The highest BCUT2D eigenvalue weighted by atomic mass is 19.1. The fourth-order valence-corrected chi connectivity index (χ4v) is 1.35. The molecule has 0 spiro atoms. The van der Waals surface area contributed by atoms with Crippen LogP contribution in [0.2, 0.25) is 0 Å². The molecule has 97 valence electrons. The molecule has 2 aromatic carbocycles. The molecule has 0 amide bonds. The minimum absolute atomic E-state index is 0.0926. The summed E-state index contributed by atoms with van der Waals surface area (Å²) in [7, 11) is 0.899. The summed E-state index contributed by atoms with van der Waals surface area (Å²) in [6, 6.07) is 7.32. The topological polar surface area (TPSA) is 70.5 Å². The van der Waals surface area contributed by atoms with Crippen molar-refractivity contribution in [3.05, 3.63) is 48.0 Å². The van der Waals surface area contributed by atoms with Crippen molar-refractivity contribution in [3.63, 3.8) is 0 Å². The first kappa shape index (κ1) is 13.0. The molecule has 0 atom stereocenters. The Morgan fingerprint density at radius 2 is 1.21 bits per heavy atom. The lowest BCUT2D eigenvalue weighted by Crippen LogP contribution is -2.13. The van der Waals surface area contributed by atoms with E-state index in [2.05, 4.69) is 0 Å². The van der Waals surface area contributed by atoms with E-state index in [1.807, 2.05) is 0 Å². The summed E-state index contributed by atoms with van der Waals surface area (Å²) >= 11 is 0. The summed E-state index contributed by atoms with van der Waals surface area (Å²) in [4.78, 5) is 0. The Kier molecular flexibility index (Phi) is 3.75. The van der Waals surface area contributed by atoms with E-state index in [1.54, 1.807) is 0 Å². The molecule has 2 aromatic rings. The maximum atomic E-state index is 13.0. The van der Waals surface area contributed by atoms with E-state index in [9.17, 15) is 8.78 Å². The van der Waals surface area contributed by atoms with Crippen LogP contribution in [-0.4, -0.2) is 7.69 Å². The molecule has 0 unspecified atom stereocenters. The minimum Gasteiger partial charge on any atom is -0.525 e. The van der Waals surface area contributed by atoms with Gasteiger partial charge in [-0.05, 0) is 24.3 Å². The SMILES string of the molecule is Nc1ccc(F)cc1O[B]Oc1cc(F)ccc1N. The predicted molar refractivity (Wildman–Crippen MR) is 68.6 cm³/mol. The number of hydrogen-bond acceptors (Lipinski definition) is 4. The summed E-state index contributed by atoms with van der Waals surface area (Å²) < 4.78 is 36.0. The minimum atomic E-state index is -0.497. The number of hydrogen-bond donors (Lipinski definition) is 2. The standard InChI is InChI=1S/C12H10BF2N2O2/c14-7-1-3-9(16)11(5-7)18-13-19-12-6-8(15)2-4-10(12)17/h1-6H,16-17H2. The lowest BCUT2D eigenvalue weighted by molar-refractivity contribution is 0.456. The number of nitrogen functional groups attached to an aromatic ring is 2. The lowest BCUT2D eigenvalue weighted by Gasteiger charge is -2.10. The van der Waals surface area contributed by atoms with E-state index in [0.29, 0.717) is 0 Å². The smallest absolute Gasteiger partial charge is 0.525 e. The van der Waals surface area contributed by atoms with Gasteiger partial charge in [-0.25, -0.2) is 8.78 Å². The highest BCUT2D eigenvalue weighted by Gasteiger charge is 2.08. The van der Waals surface area contributed by atoms with Crippen LogP contribution in [0.3, 0.4) is 0 Å². The van der Waals surface area contributed by atoms with E-state index in [0.717, 1.165) is 19.8 Å². The molecule has 7 heteroatoms. The molecule has 0 fully saturated rings. The largest absolute Gasteiger partial charge is 0.658 e. The van der Waals surface area contributed by atoms with Gasteiger partial charge in [-0.15, -0.1) is 0 Å². The summed E-state index contributed by atoms with van der Waals surface area (Å²) in [5.41, 5.74) is 11.6. The highest BCUT2D eigenvalue weighted by molar-refractivity contribution is 6.21. The van der Waals surface area contributed by atoms with Gasteiger partial charge >= 0.3 is 7.69 Å². The van der Waals surface area contributed by atoms with E-state index >= 15 is 0 Å². The maximum Gasteiger partial charge on any atom is 0.658 e. The van der Waals surface area contributed by atoms with Gasteiger partial charge in [0.1, 0.15) is 23.1 Å². The Bertz CT molecular complexity index is 544. The van der Waals surface area contributed by atoms with Gasteiger partial charge in [0.15, 0.2) is 0 Å². The highest BCUT2D eigenvalue weighted by Crippen LogP contribution is 2.24. The van der Waals surface area contributed by atoms with Gasteiger partial charge in [-0.3, -0.25) is 0 Å². The molecular formula is C12H10BF2N2O2. The second kappa shape index (κ2) is 5.47. The Balaban J connectivity index is 2.00. The van der Waals surface area contributed by atoms with Gasteiger partial charge < -0.3 is 20.8 Å². The maximum absolute atomic E-state index is 13.0. The van der Waals surface area contributed by atoms with Crippen LogP contribution in [-0.2, 0) is 0 Å². The van der Waals surface area contributed by atoms with Crippen molar-refractivity contribution in [2.75, 3.05) is 11.5 Å². The molecule has 2 rings (SSSR count). The normalized spacial score (nSPS) is 10.0. The predicted octanol–water partition coefficient (Wildman–Crippen LogP) is 2.12. The van der Waals surface area contributed by atoms with Crippen LogP contribution in [0.1, 0.15) is 0 Å². The fourth-order valence-electron chi connectivity index (χ4n) is 1.35. The Morgan fingerprint density at radius 1 is 0.789 bits per heavy atom. The first-order valence-corrected chi connectivity index (χ1v) is 5.31. The molecule has 0 heterocycles. The van der Waals surface area contributed by atoms with Crippen LogP contribution in [0.5, 0.6) is 11.5 Å². The Labute approximate surface area is 109 Å². The molecule has 0 aliphatic rings. The zero-order valence-electron chi connectivity index (χ0n) is 9.77. The molecule has 0 aromatic heterocycles. The molecule has 1 radical (unpaired) electrons. The summed E-state index contributed by atoms with van der Waals surface area (Å²) in [5.74, 6) is -0.810. The van der Waals surface area contributed by atoms with Crippen LogP contribution in [0, 0.1) is 11.6 Å². The zero-order chi connectivity index (χ0) is 13.8. The quantitative estimate of drug-likeness (QED) is 0.654. The third-order valence-electron chi connectivity index (χ3n) is 2.30. The van der Waals surface area contributed by atoms with Crippen LogP contribution in [0.15, 0.2) is 36.4 Å².